The van der Waals surface area contributed by atoms with E-state index in [4.69, 9.17) is 0 Å². The van der Waals surface area contributed by atoms with Crippen molar-refractivity contribution in [3.8, 4) is 5.75 Å². The van der Waals surface area contributed by atoms with Crippen LogP contribution >= 0.6 is 11.3 Å². The second kappa shape index (κ2) is 5.50. The number of aromatic hydroxyl groups is 1. The molecule has 0 aliphatic carbocycles. The maximum Gasteiger partial charge on any atom is 0.126 e. The smallest absolute Gasteiger partial charge is 0.126 e. The summed E-state index contributed by atoms with van der Waals surface area (Å²) in [5.41, 5.74) is 0.708. The van der Waals surface area contributed by atoms with Crippen molar-refractivity contribution in [1.82, 2.24) is 5.32 Å². The van der Waals surface area contributed by atoms with Crippen LogP contribution in [-0.4, -0.2) is 5.11 Å². The third-order valence-electron chi connectivity index (χ3n) is 2.93. The first-order valence-corrected chi connectivity index (χ1v) is 6.73. The van der Waals surface area contributed by atoms with Crippen molar-refractivity contribution in [2.75, 3.05) is 0 Å². The van der Waals surface area contributed by atoms with E-state index in [1.807, 2.05) is 18.4 Å². The van der Waals surface area contributed by atoms with Gasteiger partial charge in [0.25, 0.3) is 0 Å². The van der Waals surface area contributed by atoms with E-state index in [1.54, 1.807) is 17.4 Å². The second-order valence-corrected chi connectivity index (χ2v) is 5.31. The van der Waals surface area contributed by atoms with Gasteiger partial charge in [0.05, 0.1) is 0 Å². The Balaban J connectivity index is 2.10. The van der Waals surface area contributed by atoms with Gasteiger partial charge in [0.1, 0.15) is 11.6 Å². The molecule has 0 radical (unpaired) electrons. The summed E-state index contributed by atoms with van der Waals surface area (Å²) in [6, 6.07) is 8.36. The van der Waals surface area contributed by atoms with Crippen LogP contribution in [0, 0.1) is 5.82 Å². The predicted octanol–water partition coefficient (Wildman–Crippen LogP) is 4.00. The molecule has 0 saturated heterocycles. The molecule has 0 saturated carbocycles. The minimum atomic E-state index is -0.422. The number of hydrogen-bond acceptors (Lipinski definition) is 3. The highest BCUT2D eigenvalue weighted by atomic mass is 32.1. The van der Waals surface area contributed by atoms with Gasteiger partial charge in [-0.25, -0.2) is 4.39 Å². The summed E-state index contributed by atoms with van der Waals surface area (Å²) in [4.78, 5) is 1.24. The standard InChI is InChI=1S/C14H16FNOS/c1-9(12-6-5-11(15)8-13(12)17)16-10(2)14-4-3-7-18-14/h3-10,16-17H,1-2H3/t9?,10-/m0/s1. The molecule has 2 aromatic rings. The first-order chi connectivity index (χ1) is 8.58. The molecule has 1 heterocycles. The van der Waals surface area contributed by atoms with Gasteiger partial charge in [0.2, 0.25) is 0 Å². The lowest BCUT2D eigenvalue weighted by molar-refractivity contribution is 0.435. The Morgan fingerprint density at radius 3 is 2.61 bits per heavy atom. The van der Waals surface area contributed by atoms with Crippen LogP contribution in [0.4, 0.5) is 4.39 Å². The fraction of sp³-hybridized carbons (Fsp3) is 0.286. The fourth-order valence-corrected chi connectivity index (χ4v) is 2.71. The third-order valence-corrected chi connectivity index (χ3v) is 3.98. The maximum absolute atomic E-state index is 12.9. The monoisotopic (exact) mass is 265 g/mol. The molecule has 2 rings (SSSR count). The van der Waals surface area contributed by atoms with E-state index in [2.05, 4.69) is 18.3 Å². The molecule has 0 spiro atoms. The van der Waals surface area contributed by atoms with Gasteiger partial charge in [-0.3, -0.25) is 0 Å². The summed E-state index contributed by atoms with van der Waals surface area (Å²) in [6.07, 6.45) is 0. The van der Waals surface area contributed by atoms with Gasteiger partial charge in [-0.1, -0.05) is 12.1 Å². The highest BCUT2D eigenvalue weighted by molar-refractivity contribution is 7.10. The van der Waals surface area contributed by atoms with Gasteiger partial charge < -0.3 is 10.4 Å². The zero-order valence-corrected chi connectivity index (χ0v) is 11.2. The zero-order valence-electron chi connectivity index (χ0n) is 10.4. The number of hydrogen-bond donors (Lipinski definition) is 2. The van der Waals surface area contributed by atoms with E-state index >= 15 is 0 Å². The summed E-state index contributed by atoms with van der Waals surface area (Å²) in [5.74, 6) is -0.428. The molecule has 0 aliphatic rings. The maximum atomic E-state index is 12.9. The average Bonchev–Trinajstić information content (AvgIpc) is 2.81. The van der Waals surface area contributed by atoms with Crippen molar-refractivity contribution in [1.29, 1.82) is 0 Å². The Labute approximate surface area is 110 Å². The van der Waals surface area contributed by atoms with Crippen LogP contribution in [0.2, 0.25) is 0 Å². The van der Waals surface area contributed by atoms with E-state index < -0.39 is 5.82 Å². The molecule has 96 valence electrons. The van der Waals surface area contributed by atoms with Gasteiger partial charge in [-0.15, -0.1) is 11.3 Å². The van der Waals surface area contributed by atoms with Gasteiger partial charge in [0, 0.05) is 28.6 Å². The second-order valence-electron chi connectivity index (χ2n) is 4.33. The quantitative estimate of drug-likeness (QED) is 0.875. The summed E-state index contributed by atoms with van der Waals surface area (Å²) in [6.45, 7) is 4.03. The van der Waals surface area contributed by atoms with Crippen LogP contribution < -0.4 is 5.32 Å². The van der Waals surface area contributed by atoms with Crippen molar-refractivity contribution < 1.29 is 9.50 Å². The molecular weight excluding hydrogens is 249 g/mol. The molecule has 2 nitrogen and oxygen atoms in total. The van der Waals surface area contributed by atoms with Crippen LogP contribution in [-0.2, 0) is 0 Å². The first-order valence-electron chi connectivity index (χ1n) is 5.86. The topological polar surface area (TPSA) is 32.3 Å². The highest BCUT2D eigenvalue weighted by Crippen LogP contribution is 2.28. The Kier molecular flexibility index (Phi) is 3.99. The molecule has 0 amide bonds. The van der Waals surface area contributed by atoms with Gasteiger partial charge >= 0.3 is 0 Å². The molecule has 1 aromatic heterocycles. The fourth-order valence-electron chi connectivity index (χ4n) is 1.97. The van der Waals surface area contributed by atoms with Crippen LogP contribution in [0.3, 0.4) is 0 Å². The number of benzene rings is 1. The average molecular weight is 265 g/mol. The minimum Gasteiger partial charge on any atom is -0.508 e. The Morgan fingerprint density at radius 2 is 2.00 bits per heavy atom. The van der Waals surface area contributed by atoms with Crippen molar-refractivity contribution in [2.45, 2.75) is 25.9 Å². The van der Waals surface area contributed by atoms with Gasteiger partial charge in [0.15, 0.2) is 0 Å². The number of halogens is 1. The lowest BCUT2D eigenvalue weighted by Crippen LogP contribution is -2.21. The van der Waals surface area contributed by atoms with E-state index in [-0.39, 0.29) is 17.8 Å². The van der Waals surface area contributed by atoms with E-state index in [0.717, 1.165) is 6.07 Å². The van der Waals surface area contributed by atoms with E-state index in [0.29, 0.717) is 5.56 Å². The summed E-state index contributed by atoms with van der Waals surface area (Å²) in [7, 11) is 0. The molecule has 0 bridgehead atoms. The van der Waals surface area contributed by atoms with Crippen molar-refractivity contribution in [3.05, 3.63) is 52.0 Å². The van der Waals surface area contributed by atoms with E-state index in [9.17, 15) is 9.50 Å². The summed E-state index contributed by atoms with van der Waals surface area (Å²) < 4.78 is 12.9. The molecule has 1 aromatic carbocycles. The van der Waals surface area contributed by atoms with Crippen molar-refractivity contribution in [2.24, 2.45) is 0 Å². The third kappa shape index (κ3) is 2.89. The molecule has 4 heteroatoms. The van der Waals surface area contributed by atoms with Crippen LogP contribution in [0.1, 0.15) is 36.4 Å². The van der Waals surface area contributed by atoms with Crippen LogP contribution in [0.15, 0.2) is 35.7 Å². The highest BCUT2D eigenvalue weighted by Gasteiger charge is 2.15. The zero-order chi connectivity index (χ0) is 13.1. The molecule has 0 aliphatic heterocycles. The SMILES string of the molecule is CC(N[C@@H](C)c1cccs1)c1ccc(F)cc1O. The lowest BCUT2D eigenvalue weighted by atomic mass is 10.1. The van der Waals surface area contributed by atoms with Crippen LogP contribution in [0.5, 0.6) is 5.75 Å². The Bertz CT molecular complexity index is 513. The predicted molar refractivity (Wildman–Crippen MR) is 72.3 cm³/mol. The molecule has 18 heavy (non-hydrogen) atoms. The normalized spacial score (nSPS) is 14.4. The molecule has 0 fully saturated rings. The van der Waals surface area contributed by atoms with Gasteiger partial charge in [-0.2, -0.15) is 0 Å². The summed E-state index contributed by atoms with van der Waals surface area (Å²) >= 11 is 1.69. The van der Waals surface area contributed by atoms with E-state index in [1.165, 1.54) is 10.9 Å². The lowest BCUT2D eigenvalue weighted by Gasteiger charge is -2.20. The largest absolute Gasteiger partial charge is 0.508 e. The van der Waals surface area contributed by atoms with Crippen LogP contribution in [0.25, 0.3) is 0 Å². The number of phenolic OH excluding ortho intramolecular Hbond substituents is 1. The molecule has 1 unspecified atom stereocenters. The van der Waals surface area contributed by atoms with Crippen molar-refractivity contribution >= 4 is 11.3 Å². The molecule has 2 N–H and O–H groups in total. The minimum absolute atomic E-state index is 0.00613. The number of phenols is 1. The Morgan fingerprint density at radius 1 is 1.22 bits per heavy atom. The number of nitrogens with one attached hydrogen (secondary N) is 1. The first kappa shape index (κ1) is 13.1. The number of rotatable bonds is 4. The molecule has 2 atom stereocenters. The summed E-state index contributed by atoms with van der Waals surface area (Å²) in [5, 5.41) is 15.1. The van der Waals surface area contributed by atoms with Gasteiger partial charge in [-0.05, 0) is 31.4 Å². The van der Waals surface area contributed by atoms with Crippen molar-refractivity contribution in [3.63, 3.8) is 0 Å². The Hall–Kier alpha value is -1.39. The number of thiophene rings is 1. The molecular formula is C14H16FNOS.